The largest absolute Gasteiger partial charge is 0.492 e. The van der Waals surface area contributed by atoms with Crippen LogP contribution in [0.3, 0.4) is 0 Å². The van der Waals surface area contributed by atoms with Crippen LogP contribution in [0.1, 0.15) is 37.4 Å². The summed E-state index contributed by atoms with van der Waals surface area (Å²) in [6.45, 7) is 6.18. The van der Waals surface area contributed by atoms with Crippen LogP contribution in [-0.4, -0.2) is 13.2 Å². The Kier molecular flexibility index (Phi) is 4.26. The van der Waals surface area contributed by atoms with Crippen molar-refractivity contribution in [1.82, 2.24) is 5.32 Å². The summed E-state index contributed by atoms with van der Waals surface area (Å²) in [6.07, 6.45) is 2.12. The number of hydrogen-bond acceptors (Lipinski definition) is 2. The van der Waals surface area contributed by atoms with Gasteiger partial charge in [-0.3, -0.25) is 0 Å². The van der Waals surface area contributed by atoms with Crippen molar-refractivity contribution in [3.8, 4) is 16.9 Å². The Morgan fingerprint density at radius 1 is 1.14 bits per heavy atom. The van der Waals surface area contributed by atoms with Crippen LogP contribution in [0.15, 0.2) is 42.5 Å². The number of para-hydroxylation sites is 1. The Morgan fingerprint density at radius 2 is 2.00 bits per heavy atom. The average Bonchev–Trinajstić information content (AvgIpc) is 3.01. The third-order valence-electron chi connectivity index (χ3n) is 4.17. The highest BCUT2D eigenvalue weighted by atomic mass is 16.5. The number of hydrogen-bond donors (Lipinski definition) is 1. The lowest BCUT2D eigenvalue weighted by molar-refractivity contribution is 0.358. The number of rotatable bonds is 5. The fourth-order valence-corrected chi connectivity index (χ4v) is 3.11. The van der Waals surface area contributed by atoms with Crippen LogP contribution in [0.4, 0.5) is 0 Å². The molecule has 2 aromatic carbocycles. The zero-order chi connectivity index (χ0) is 14.7. The molecule has 1 aliphatic rings. The molecule has 0 saturated carbocycles. The van der Waals surface area contributed by atoms with Crippen LogP contribution in [0.25, 0.3) is 11.1 Å². The highest BCUT2D eigenvalue weighted by Gasteiger charge is 2.17. The summed E-state index contributed by atoms with van der Waals surface area (Å²) in [6, 6.07) is 15.7. The van der Waals surface area contributed by atoms with Gasteiger partial charge >= 0.3 is 0 Å². The molecule has 2 aromatic rings. The van der Waals surface area contributed by atoms with E-state index >= 15 is 0 Å². The molecule has 3 rings (SSSR count). The Morgan fingerprint density at radius 3 is 2.81 bits per heavy atom. The molecule has 110 valence electrons. The first-order chi connectivity index (χ1) is 10.3. The predicted octanol–water partition coefficient (Wildman–Crippen LogP) is 4.35. The van der Waals surface area contributed by atoms with Crippen LogP contribution >= 0.6 is 0 Å². The van der Waals surface area contributed by atoms with Crippen LogP contribution < -0.4 is 10.1 Å². The van der Waals surface area contributed by atoms with Crippen molar-refractivity contribution in [2.45, 2.75) is 32.7 Å². The Labute approximate surface area is 127 Å². The third-order valence-corrected chi connectivity index (χ3v) is 4.17. The number of ether oxygens (including phenoxy) is 1. The van der Waals surface area contributed by atoms with E-state index in [1.54, 1.807) is 0 Å². The van der Waals surface area contributed by atoms with Gasteiger partial charge in [0.1, 0.15) is 5.75 Å². The standard InChI is InChI=1S/C19H23NO/c1-3-18(20-4-2)16-9-5-8-15(13-16)17-10-6-7-14-11-12-21-19(14)17/h5-10,13,18,20H,3-4,11-12H2,1-2H3. The van der Waals surface area contributed by atoms with E-state index in [1.807, 2.05) is 0 Å². The smallest absolute Gasteiger partial charge is 0.130 e. The molecule has 0 amide bonds. The first-order valence-corrected chi connectivity index (χ1v) is 7.92. The van der Waals surface area contributed by atoms with E-state index in [2.05, 4.69) is 61.6 Å². The fraction of sp³-hybridized carbons (Fsp3) is 0.368. The minimum Gasteiger partial charge on any atom is -0.492 e. The van der Waals surface area contributed by atoms with Crippen LogP contribution in [0.5, 0.6) is 5.75 Å². The van der Waals surface area contributed by atoms with Crippen molar-refractivity contribution in [3.05, 3.63) is 53.6 Å². The van der Waals surface area contributed by atoms with E-state index in [1.165, 1.54) is 22.3 Å². The molecular weight excluding hydrogens is 258 g/mol. The molecule has 0 radical (unpaired) electrons. The van der Waals surface area contributed by atoms with Gasteiger partial charge in [0.05, 0.1) is 6.61 Å². The molecule has 1 N–H and O–H groups in total. The van der Waals surface area contributed by atoms with Gasteiger partial charge in [-0.05, 0) is 35.7 Å². The van der Waals surface area contributed by atoms with E-state index < -0.39 is 0 Å². The molecule has 2 nitrogen and oxygen atoms in total. The minimum absolute atomic E-state index is 0.424. The maximum Gasteiger partial charge on any atom is 0.130 e. The zero-order valence-electron chi connectivity index (χ0n) is 12.9. The summed E-state index contributed by atoms with van der Waals surface area (Å²) < 4.78 is 5.84. The third kappa shape index (κ3) is 2.81. The van der Waals surface area contributed by atoms with Crippen molar-refractivity contribution >= 4 is 0 Å². The normalized spacial score (nSPS) is 14.6. The highest BCUT2D eigenvalue weighted by Crippen LogP contribution is 2.37. The molecule has 0 fully saturated rings. The first kappa shape index (κ1) is 14.2. The fourth-order valence-electron chi connectivity index (χ4n) is 3.11. The van der Waals surface area contributed by atoms with E-state index in [0.717, 1.165) is 31.7 Å². The van der Waals surface area contributed by atoms with Crippen molar-refractivity contribution in [2.24, 2.45) is 0 Å². The molecule has 2 heteroatoms. The molecular formula is C19H23NO. The maximum absolute atomic E-state index is 5.84. The van der Waals surface area contributed by atoms with E-state index in [4.69, 9.17) is 4.74 Å². The molecule has 0 aromatic heterocycles. The summed E-state index contributed by atoms with van der Waals surface area (Å²) in [5, 5.41) is 3.55. The Balaban J connectivity index is 1.99. The molecule has 0 spiro atoms. The second-order valence-corrected chi connectivity index (χ2v) is 5.54. The quantitative estimate of drug-likeness (QED) is 0.879. The average molecular weight is 281 g/mol. The van der Waals surface area contributed by atoms with Gasteiger partial charge < -0.3 is 10.1 Å². The van der Waals surface area contributed by atoms with Gasteiger partial charge in [0.25, 0.3) is 0 Å². The molecule has 1 unspecified atom stereocenters. The summed E-state index contributed by atoms with van der Waals surface area (Å²) in [5.74, 6) is 1.08. The monoisotopic (exact) mass is 281 g/mol. The van der Waals surface area contributed by atoms with E-state index in [0.29, 0.717) is 6.04 Å². The second-order valence-electron chi connectivity index (χ2n) is 5.54. The maximum atomic E-state index is 5.84. The van der Waals surface area contributed by atoms with Crippen molar-refractivity contribution in [1.29, 1.82) is 0 Å². The van der Waals surface area contributed by atoms with Crippen molar-refractivity contribution in [2.75, 3.05) is 13.2 Å². The first-order valence-electron chi connectivity index (χ1n) is 7.92. The molecule has 1 heterocycles. The summed E-state index contributed by atoms with van der Waals surface area (Å²) in [4.78, 5) is 0. The minimum atomic E-state index is 0.424. The Hall–Kier alpha value is -1.80. The summed E-state index contributed by atoms with van der Waals surface area (Å²) in [7, 11) is 0. The molecule has 1 aliphatic heterocycles. The van der Waals surface area contributed by atoms with Gasteiger partial charge in [0, 0.05) is 18.0 Å². The second kappa shape index (κ2) is 6.31. The lowest BCUT2D eigenvalue weighted by atomic mass is 9.96. The lowest BCUT2D eigenvalue weighted by Gasteiger charge is -2.17. The zero-order valence-corrected chi connectivity index (χ0v) is 12.9. The van der Waals surface area contributed by atoms with Crippen LogP contribution in [0.2, 0.25) is 0 Å². The van der Waals surface area contributed by atoms with Gasteiger partial charge in [0.15, 0.2) is 0 Å². The number of nitrogens with one attached hydrogen (secondary N) is 1. The van der Waals surface area contributed by atoms with E-state index in [-0.39, 0.29) is 0 Å². The van der Waals surface area contributed by atoms with Gasteiger partial charge in [-0.15, -0.1) is 0 Å². The predicted molar refractivity (Wildman–Crippen MR) is 87.8 cm³/mol. The van der Waals surface area contributed by atoms with Crippen LogP contribution in [0, 0.1) is 0 Å². The summed E-state index contributed by atoms with van der Waals surface area (Å²) in [5.41, 5.74) is 5.16. The number of fused-ring (bicyclic) bond motifs is 1. The SMILES string of the molecule is CCNC(CC)c1cccc(-c2cccc3c2OCC3)c1. The number of benzene rings is 2. The van der Waals surface area contributed by atoms with E-state index in [9.17, 15) is 0 Å². The van der Waals surface area contributed by atoms with Gasteiger partial charge in [-0.25, -0.2) is 0 Å². The van der Waals surface area contributed by atoms with Gasteiger partial charge in [-0.2, -0.15) is 0 Å². The van der Waals surface area contributed by atoms with Gasteiger partial charge in [0.2, 0.25) is 0 Å². The summed E-state index contributed by atoms with van der Waals surface area (Å²) >= 11 is 0. The highest BCUT2D eigenvalue weighted by molar-refractivity contribution is 5.73. The van der Waals surface area contributed by atoms with Gasteiger partial charge in [-0.1, -0.05) is 50.2 Å². The molecule has 0 aliphatic carbocycles. The molecule has 0 bridgehead atoms. The van der Waals surface area contributed by atoms with Crippen molar-refractivity contribution < 1.29 is 4.74 Å². The lowest BCUT2D eigenvalue weighted by Crippen LogP contribution is -2.19. The van der Waals surface area contributed by atoms with Crippen LogP contribution in [-0.2, 0) is 6.42 Å². The molecule has 1 atom stereocenters. The van der Waals surface area contributed by atoms with Crippen molar-refractivity contribution in [3.63, 3.8) is 0 Å². The topological polar surface area (TPSA) is 21.3 Å². The Bertz CT molecular complexity index is 621. The molecule has 0 saturated heterocycles. The molecule has 21 heavy (non-hydrogen) atoms.